The molecule has 0 amide bonds. The largest absolute Gasteiger partial charge is 0.466 e. The molecule has 2 atom stereocenters. The van der Waals surface area contributed by atoms with Crippen molar-refractivity contribution in [2.24, 2.45) is 17.8 Å². The number of rotatable bonds is 15. The van der Waals surface area contributed by atoms with E-state index in [0.29, 0.717) is 13.0 Å². The van der Waals surface area contributed by atoms with Gasteiger partial charge in [-0.1, -0.05) is 86.0 Å². The lowest BCUT2D eigenvalue weighted by Crippen LogP contribution is -2.05. The molecule has 2 heteroatoms. The second-order valence-electron chi connectivity index (χ2n) is 7.93. The first-order valence-electron chi connectivity index (χ1n) is 10.1. The molecule has 0 heterocycles. The number of carbonyl (C=O) groups excluding carboxylic acids is 1. The van der Waals surface area contributed by atoms with Gasteiger partial charge in [0.15, 0.2) is 0 Å². The summed E-state index contributed by atoms with van der Waals surface area (Å²) < 4.78 is 5.18. The van der Waals surface area contributed by atoms with E-state index in [4.69, 9.17) is 4.74 Å². The zero-order valence-electron chi connectivity index (χ0n) is 16.5. The zero-order chi connectivity index (χ0) is 17.5. The molecule has 0 bridgehead atoms. The van der Waals surface area contributed by atoms with Crippen molar-refractivity contribution in [2.75, 3.05) is 6.61 Å². The van der Waals surface area contributed by atoms with Crippen molar-refractivity contribution in [3.63, 3.8) is 0 Å². The zero-order valence-corrected chi connectivity index (χ0v) is 16.5. The van der Waals surface area contributed by atoms with Crippen LogP contribution in [0.1, 0.15) is 105 Å². The van der Waals surface area contributed by atoms with E-state index in [1.54, 1.807) is 0 Å². The van der Waals surface area contributed by atoms with Crippen molar-refractivity contribution < 1.29 is 9.53 Å². The van der Waals surface area contributed by atoms with Gasteiger partial charge in [0.05, 0.1) is 6.61 Å². The van der Waals surface area contributed by atoms with E-state index in [1.807, 2.05) is 6.92 Å². The Morgan fingerprint density at radius 1 is 0.783 bits per heavy atom. The average molecular weight is 327 g/mol. The van der Waals surface area contributed by atoms with E-state index >= 15 is 0 Å². The lowest BCUT2D eigenvalue weighted by atomic mass is 9.91. The highest BCUT2D eigenvalue weighted by Gasteiger charge is 2.07. The molecule has 138 valence electrons. The SMILES string of the molecule is CCCC(=O)OCCCCCC(C)CCCC(C)CCC(C)C. The number of hydrogen-bond acceptors (Lipinski definition) is 2. The van der Waals surface area contributed by atoms with Crippen LogP contribution in [0.4, 0.5) is 0 Å². The third kappa shape index (κ3) is 16.1. The molecule has 0 aromatic carbocycles. The Hall–Kier alpha value is -0.530. The first-order valence-corrected chi connectivity index (χ1v) is 10.1. The van der Waals surface area contributed by atoms with Gasteiger partial charge in [-0.15, -0.1) is 0 Å². The molecule has 0 saturated carbocycles. The Morgan fingerprint density at radius 2 is 1.39 bits per heavy atom. The molecule has 0 aliphatic rings. The van der Waals surface area contributed by atoms with Crippen molar-refractivity contribution in [1.29, 1.82) is 0 Å². The molecule has 23 heavy (non-hydrogen) atoms. The van der Waals surface area contributed by atoms with Gasteiger partial charge in [-0.25, -0.2) is 0 Å². The van der Waals surface area contributed by atoms with E-state index in [9.17, 15) is 4.79 Å². The Morgan fingerprint density at radius 3 is 2.00 bits per heavy atom. The molecule has 0 radical (unpaired) electrons. The molecule has 0 aromatic heterocycles. The van der Waals surface area contributed by atoms with Crippen LogP contribution in [0.5, 0.6) is 0 Å². The predicted octanol–water partition coefficient (Wildman–Crippen LogP) is 6.77. The van der Waals surface area contributed by atoms with Crippen LogP contribution in [-0.4, -0.2) is 12.6 Å². The van der Waals surface area contributed by atoms with Crippen LogP contribution in [0.2, 0.25) is 0 Å². The van der Waals surface area contributed by atoms with Gasteiger partial charge in [0.2, 0.25) is 0 Å². The highest BCUT2D eigenvalue weighted by atomic mass is 16.5. The van der Waals surface area contributed by atoms with Gasteiger partial charge < -0.3 is 4.74 Å². The van der Waals surface area contributed by atoms with Gasteiger partial charge in [0.1, 0.15) is 0 Å². The fourth-order valence-electron chi connectivity index (χ4n) is 2.96. The average Bonchev–Trinajstić information content (AvgIpc) is 2.49. The summed E-state index contributed by atoms with van der Waals surface area (Å²) in [5.74, 6) is 2.54. The van der Waals surface area contributed by atoms with Gasteiger partial charge in [-0.05, 0) is 30.6 Å². The molecular weight excluding hydrogens is 284 g/mol. The molecular formula is C21H42O2. The summed E-state index contributed by atoms with van der Waals surface area (Å²) >= 11 is 0. The van der Waals surface area contributed by atoms with Crippen molar-refractivity contribution in [1.82, 2.24) is 0 Å². The third-order valence-electron chi connectivity index (χ3n) is 4.69. The smallest absolute Gasteiger partial charge is 0.305 e. The van der Waals surface area contributed by atoms with E-state index in [-0.39, 0.29) is 5.97 Å². The summed E-state index contributed by atoms with van der Waals surface area (Å²) in [6.07, 6.45) is 13.2. The minimum absolute atomic E-state index is 0.0348. The second kappa shape index (κ2) is 15.0. The van der Waals surface area contributed by atoms with Crippen LogP contribution in [-0.2, 0) is 9.53 Å². The predicted molar refractivity (Wildman–Crippen MR) is 101 cm³/mol. The Balaban J connectivity index is 3.40. The summed E-state index contributed by atoms with van der Waals surface area (Å²) in [5, 5.41) is 0. The van der Waals surface area contributed by atoms with E-state index in [0.717, 1.165) is 30.6 Å². The van der Waals surface area contributed by atoms with Crippen LogP contribution < -0.4 is 0 Å². The molecule has 0 aliphatic heterocycles. The molecule has 0 fully saturated rings. The number of esters is 1. The third-order valence-corrected chi connectivity index (χ3v) is 4.69. The van der Waals surface area contributed by atoms with Crippen molar-refractivity contribution in [3.05, 3.63) is 0 Å². The van der Waals surface area contributed by atoms with Gasteiger partial charge in [-0.2, -0.15) is 0 Å². The molecule has 0 aromatic rings. The summed E-state index contributed by atoms with van der Waals surface area (Å²) in [6, 6.07) is 0. The number of hydrogen-bond donors (Lipinski definition) is 0. The van der Waals surface area contributed by atoms with Crippen LogP contribution >= 0.6 is 0 Å². The van der Waals surface area contributed by atoms with Crippen LogP contribution in [0.15, 0.2) is 0 Å². The van der Waals surface area contributed by atoms with Gasteiger partial charge >= 0.3 is 5.97 Å². The first-order chi connectivity index (χ1) is 11.0. The minimum Gasteiger partial charge on any atom is -0.466 e. The maximum Gasteiger partial charge on any atom is 0.305 e. The molecule has 2 unspecified atom stereocenters. The fraction of sp³-hybridized carbons (Fsp3) is 0.952. The normalized spacial score (nSPS) is 14.0. The second-order valence-corrected chi connectivity index (χ2v) is 7.93. The van der Waals surface area contributed by atoms with Crippen LogP contribution in [0, 0.1) is 17.8 Å². The van der Waals surface area contributed by atoms with Crippen LogP contribution in [0.25, 0.3) is 0 Å². The number of carbonyl (C=O) groups is 1. The monoisotopic (exact) mass is 326 g/mol. The van der Waals surface area contributed by atoms with Crippen molar-refractivity contribution in [2.45, 2.75) is 105 Å². The molecule has 0 saturated heterocycles. The van der Waals surface area contributed by atoms with Crippen molar-refractivity contribution in [3.8, 4) is 0 Å². The van der Waals surface area contributed by atoms with Crippen LogP contribution in [0.3, 0.4) is 0 Å². The maximum absolute atomic E-state index is 11.2. The molecule has 2 nitrogen and oxygen atoms in total. The first kappa shape index (κ1) is 22.5. The standard InChI is InChI=1S/C21H42O2/c1-6-11-21(22)23-17-9-7-8-12-19(4)13-10-14-20(5)16-15-18(2)3/h18-20H,6-17H2,1-5H3. The summed E-state index contributed by atoms with van der Waals surface area (Å²) in [7, 11) is 0. The highest BCUT2D eigenvalue weighted by Crippen LogP contribution is 2.21. The number of unbranched alkanes of at least 4 members (excludes halogenated alkanes) is 2. The summed E-state index contributed by atoms with van der Waals surface area (Å²) in [5.41, 5.74) is 0. The Bertz CT molecular complexity index is 273. The van der Waals surface area contributed by atoms with Gasteiger partial charge in [0.25, 0.3) is 0 Å². The van der Waals surface area contributed by atoms with Gasteiger partial charge in [0, 0.05) is 6.42 Å². The van der Waals surface area contributed by atoms with E-state index < -0.39 is 0 Å². The number of ether oxygens (including phenoxy) is 1. The fourth-order valence-corrected chi connectivity index (χ4v) is 2.96. The van der Waals surface area contributed by atoms with Crippen molar-refractivity contribution >= 4 is 5.97 Å². The summed E-state index contributed by atoms with van der Waals surface area (Å²) in [4.78, 5) is 11.2. The Labute approximate surface area is 145 Å². The quantitative estimate of drug-likeness (QED) is 0.245. The lowest BCUT2D eigenvalue weighted by Gasteiger charge is -2.15. The molecule has 0 rings (SSSR count). The van der Waals surface area contributed by atoms with E-state index in [2.05, 4.69) is 27.7 Å². The highest BCUT2D eigenvalue weighted by molar-refractivity contribution is 5.69. The van der Waals surface area contributed by atoms with Gasteiger partial charge in [-0.3, -0.25) is 4.79 Å². The maximum atomic E-state index is 11.2. The van der Waals surface area contributed by atoms with E-state index in [1.165, 1.54) is 51.4 Å². The lowest BCUT2D eigenvalue weighted by molar-refractivity contribution is -0.143. The summed E-state index contributed by atoms with van der Waals surface area (Å²) in [6.45, 7) is 12.1. The topological polar surface area (TPSA) is 26.3 Å². The molecule has 0 spiro atoms. The molecule has 0 N–H and O–H groups in total. The minimum atomic E-state index is -0.0348. The Kier molecular flexibility index (Phi) is 14.7. The molecule has 0 aliphatic carbocycles.